The monoisotopic (exact) mass is 126 g/mol. The van der Waals surface area contributed by atoms with Gasteiger partial charge in [-0.2, -0.15) is 4.99 Å². The van der Waals surface area contributed by atoms with Crippen molar-refractivity contribution in [3.05, 3.63) is 12.4 Å². The number of nitrogens with one attached hydrogen (secondary N) is 1. The molecule has 0 atom stereocenters. The minimum Gasteiger partial charge on any atom is -0.231 e. The summed E-state index contributed by atoms with van der Waals surface area (Å²) < 4.78 is 0. The fourth-order valence-corrected chi connectivity index (χ4v) is 0.797. The van der Waals surface area contributed by atoms with Gasteiger partial charge in [0.1, 0.15) is 5.41 Å². The highest BCUT2D eigenvalue weighted by atomic mass is 15.0. The van der Waals surface area contributed by atoms with E-state index in [-0.39, 0.29) is 5.41 Å². The summed E-state index contributed by atoms with van der Waals surface area (Å²) in [4.78, 5) is 3.18. The van der Waals surface area contributed by atoms with Crippen LogP contribution in [0.25, 0.3) is 0 Å². The molecule has 0 radical (unpaired) electrons. The Morgan fingerprint density at radius 2 is 2.11 bits per heavy atom. The van der Waals surface area contributed by atoms with Crippen LogP contribution in [0.15, 0.2) is 12.4 Å². The summed E-state index contributed by atoms with van der Waals surface area (Å²) in [6, 6.07) is 0. The zero-order chi connectivity index (χ0) is 6.91. The van der Waals surface area contributed by atoms with Crippen molar-refractivity contribution in [2.45, 2.75) is 20.8 Å². The van der Waals surface area contributed by atoms with Crippen molar-refractivity contribution in [1.29, 1.82) is 0 Å². The van der Waals surface area contributed by atoms with Crippen molar-refractivity contribution in [2.75, 3.05) is 0 Å². The van der Waals surface area contributed by atoms with Crippen molar-refractivity contribution >= 4 is 5.84 Å². The lowest BCUT2D eigenvalue weighted by Gasteiger charge is -2.07. The van der Waals surface area contributed by atoms with Gasteiger partial charge in [0.2, 0.25) is 6.20 Å². The first-order valence-electron chi connectivity index (χ1n) is 3.24. The topological polar surface area (TPSA) is 30.6 Å². The van der Waals surface area contributed by atoms with E-state index in [0.717, 1.165) is 0 Å². The molecule has 0 fully saturated rings. The Kier molecular flexibility index (Phi) is 1.41. The van der Waals surface area contributed by atoms with Crippen LogP contribution in [0, 0.1) is 5.41 Å². The third-order valence-corrected chi connectivity index (χ3v) is 1.41. The molecule has 1 rings (SSSR count). The molecule has 1 aliphatic heterocycles. The molecule has 0 amide bonds. The number of rotatable bonds is 0. The van der Waals surface area contributed by atoms with Gasteiger partial charge < -0.3 is 0 Å². The summed E-state index contributed by atoms with van der Waals surface area (Å²) in [5, 5.41) is 2.11. The van der Waals surface area contributed by atoms with Gasteiger partial charge in [-0.05, 0) is 20.8 Å². The zero-order valence-electron chi connectivity index (χ0n) is 6.23. The van der Waals surface area contributed by atoms with Gasteiger partial charge in [-0.15, -0.1) is 0 Å². The van der Waals surface area contributed by atoms with Gasteiger partial charge in [-0.3, -0.25) is 0 Å². The molecule has 1 aliphatic rings. The van der Waals surface area contributed by atoms with E-state index in [9.17, 15) is 0 Å². The van der Waals surface area contributed by atoms with Crippen LogP contribution in [0.3, 0.4) is 0 Å². The van der Waals surface area contributed by atoms with Crippen molar-refractivity contribution in [3.8, 4) is 0 Å². The largest absolute Gasteiger partial charge is 0.348 e. The predicted molar refractivity (Wildman–Crippen MR) is 36.5 cm³/mol. The van der Waals surface area contributed by atoms with Crippen molar-refractivity contribution in [1.82, 2.24) is 0 Å². The Hall–Kier alpha value is -0.630. The van der Waals surface area contributed by atoms with E-state index in [1.165, 1.54) is 5.84 Å². The van der Waals surface area contributed by atoms with Gasteiger partial charge in [-0.25, -0.2) is 5.32 Å². The first-order chi connectivity index (χ1) is 4.11. The smallest absolute Gasteiger partial charge is 0.231 e. The van der Waals surface area contributed by atoms with Gasteiger partial charge in [0.15, 0.2) is 6.20 Å². The molecular weight excluding hydrogens is 112 g/mol. The second-order valence-corrected chi connectivity index (χ2v) is 3.33. The van der Waals surface area contributed by atoms with Gasteiger partial charge in [0.25, 0.3) is 0 Å². The molecule has 2 heteroatoms. The van der Waals surface area contributed by atoms with Crippen LogP contribution in [0.4, 0.5) is 0 Å². The lowest BCUT2D eigenvalue weighted by atomic mass is 9.95. The van der Waals surface area contributed by atoms with Crippen LogP contribution in [0.1, 0.15) is 20.8 Å². The molecule has 0 saturated carbocycles. The molecule has 0 aromatic heterocycles. The highest BCUT2D eigenvalue weighted by Gasteiger charge is 2.30. The fraction of sp³-hybridized carbons (Fsp3) is 0.571. The van der Waals surface area contributed by atoms with E-state index >= 15 is 0 Å². The van der Waals surface area contributed by atoms with Gasteiger partial charge in [-0.1, -0.05) is 0 Å². The lowest BCUT2D eigenvalue weighted by Crippen LogP contribution is -2.92. The number of hydrogen-bond acceptors (Lipinski definition) is 0. The van der Waals surface area contributed by atoms with Crippen molar-refractivity contribution in [2.24, 2.45) is 5.41 Å². The maximum atomic E-state index is 3.18. The first kappa shape index (κ1) is 6.49. The Morgan fingerprint density at radius 3 is 2.33 bits per heavy atom. The van der Waals surface area contributed by atoms with Gasteiger partial charge >= 0.3 is 5.84 Å². The minimum atomic E-state index is 0.267. The number of hydrogen-bond donors (Lipinski definition) is 2. The van der Waals surface area contributed by atoms with Crippen LogP contribution >= 0.6 is 0 Å². The average molecular weight is 126 g/mol. The van der Waals surface area contributed by atoms with Gasteiger partial charge in [0.05, 0.1) is 0 Å². The highest BCUT2D eigenvalue weighted by molar-refractivity contribution is 5.73. The van der Waals surface area contributed by atoms with E-state index < -0.39 is 0 Å². The van der Waals surface area contributed by atoms with Crippen LogP contribution in [-0.2, 0) is 0 Å². The third-order valence-electron chi connectivity index (χ3n) is 1.41. The molecule has 1 heterocycles. The number of amidine groups is 1. The molecule has 9 heavy (non-hydrogen) atoms. The second kappa shape index (κ2) is 1.95. The summed E-state index contributed by atoms with van der Waals surface area (Å²) in [5.41, 5.74) is 0.267. The maximum Gasteiger partial charge on any atom is 0.348 e. The second-order valence-electron chi connectivity index (χ2n) is 3.33. The van der Waals surface area contributed by atoms with Crippen LogP contribution < -0.4 is 10.3 Å². The summed E-state index contributed by atoms with van der Waals surface area (Å²) in [6.07, 6.45) is 3.99. The number of quaternary nitrogens is 1. The minimum absolute atomic E-state index is 0.267. The van der Waals surface area contributed by atoms with E-state index in [1.807, 2.05) is 12.4 Å². The van der Waals surface area contributed by atoms with E-state index in [4.69, 9.17) is 0 Å². The quantitative estimate of drug-likeness (QED) is 0.398. The summed E-state index contributed by atoms with van der Waals surface area (Å²) >= 11 is 0. The fourth-order valence-electron chi connectivity index (χ4n) is 0.797. The third kappa shape index (κ3) is 1.39. The van der Waals surface area contributed by atoms with E-state index in [1.54, 1.807) is 0 Å². The molecule has 0 aliphatic carbocycles. The van der Waals surface area contributed by atoms with E-state index in [0.29, 0.717) is 0 Å². The van der Waals surface area contributed by atoms with Crippen molar-refractivity contribution in [3.63, 3.8) is 0 Å². The molecule has 0 bridgehead atoms. The summed E-state index contributed by atoms with van der Waals surface area (Å²) in [5.74, 6) is 1.29. The Balaban J connectivity index is 2.66. The molecule has 0 saturated heterocycles. The first-order valence-corrected chi connectivity index (χ1v) is 3.24. The molecule has 0 unspecified atom stereocenters. The maximum absolute atomic E-state index is 3.18. The lowest BCUT2D eigenvalue weighted by molar-refractivity contribution is -0.514. The molecule has 0 spiro atoms. The summed E-state index contributed by atoms with van der Waals surface area (Å²) in [7, 11) is 0. The standard InChI is InChI=1S/C7H12N2/c1-7(2,3)6-8-4-5-9-6/h4-5H,1-3H3,(H,8,9)/p+2. The van der Waals surface area contributed by atoms with E-state index in [2.05, 4.69) is 31.1 Å². The van der Waals surface area contributed by atoms with Crippen LogP contribution in [-0.4, -0.2) is 5.84 Å². The average Bonchev–Trinajstić information content (AvgIpc) is 2.08. The summed E-state index contributed by atoms with van der Waals surface area (Å²) in [6.45, 7) is 6.58. The zero-order valence-corrected chi connectivity index (χ0v) is 6.23. The van der Waals surface area contributed by atoms with Crippen molar-refractivity contribution < 1.29 is 10.3 Å². The van der Waals surface area contributed by atoms with Crippen LogP contribution in [0.5, 0.6) is 0 Å². The molecule has 50 valence electrons. The highest BCUT2D eigenvalue weighted by Crippen LogP contribution is 2.08. The Bertz CT molecular complexity index is 160. The number of nitrogens with two attached hydrogens (primary N) is 1. The van der Waals surface area contributed by atoms with Crippen LogP contribution in [0.2, 0.25) is 0 Å². The molecule has 3 N–H and O–H groups in total. The predicted octanol–water partition coefficient (Wildman–Crippen LogP) is -1.44. The molecule has 2 nitrogen and oxygen atoms in total. The van der Waals surface area contributed by atoms with Gasteiger partial charge in [0, 0.05) is 0 Å². The Labute approximate surface area is 55.7 Å². The normalized spacial score (nSPS) is 18.3. The molecule has 0 aromatic rings. The molecule has 0 aromatic carbocycles. The SMILES string of the molecule is CC(C)(C)C1=[NH+]C=C[NH2+]1. The Morgan fingerprint density at radius 1 is 1.44 bits per heavy atom. The molecular formula is C7H14N2+2.